The van der Waals surface area contributed by atoms with E-state index in [0.717, 1.165) is 6.42 Å². The molecule has 1 rings (SSSR count). The third-order valence-corrected chi connectivity index (χ3v) is 2.97. The number of nitrogens with zero attached hydrogens (tertiary/aromatic N) is 3. The second kappa shape index (κ2) is 4.47. The number of hydrogen-bond acceptors (Lipinski definition) is 4. The molecule has 0 aliphatic heterocycles. The van der Waals surface area contributed by atoms with Gasteiger partial charge in [0.15, 0.2) is 0 Å². The maximum Gasteiger partial charge on any atom is 0.274 e. The van der Waals surface area contributed by atoms with E-state index in [1.807, 2.05) is 20.8 Å². The maximum atomic E-state index is 12.0. The minimum absolute atomic E-state index is 0.139. The fraction of sp³-hybridized carbons (Fsp3) is 0.545. The molecule has 1 aromatic heterocycles. The number of hydrogen-bond donors (Lipinski definition) is 1. The highest BCUT2D eigenvalue weighted by Gasteiger charge is 2.27. The Morgan fingerprint density at radius 1 is 1.44 bits per heavy atom. The van der Waals surface area contributed by atoms with Crippen molar-refractivity contribution in [1.29, 1.82) is 0 Å². The Labute approximate surface area is 95.7 Å². The van der Waals surface area contributed by atoms with E-state index in [1.165, 1.54) is 12.4 Å². The number of carbonyl (C=O) groups excluding carboxylic acids is 1. The van der Waals surface area contributed by atoms with Gasteiger partial charge in [-0.3, -0.25) is 4.79 Å². The largest absolute Gasteiger partial charge is 0.382 e. The van der Waals surface area contributed by atoms with Crippen molar-refractivity contribution in [1.82, 2.24) is 14.9 Å². The van der Waals surface area contributed by atoms with Crippen molar-refractivity contribution in [3.05, 3.63) is 18.1 Å². The van der Waals surface area contributed by atoms with Crippen LogP contribution in [0.3, 0.4) is 0 Å². The van der Waals surface area contributed by atoms with E-state index >= 15 is 0 Å². The molecule has 0 saturated heterocycles. The Morgan fingerprint density at radius 3 is 2.50 bits per heavy atom. The molecule has 16 heavy (non-hydrogen) atoms. The predicted octanol–water partition coefficient (Wildman–Crippen LogP) is 1.32. The summed E-state index contributed by atoms with van der Waals surface area (Å²) in [5, 5.41) is 0. The lowest BCUT2D eigenvalue weighted by Crippen LogP contribution is -2.44. The summed E-state index contributed by atoms with van der Waals surface area (Å²) in [5.74, 6) is 0.174. The molecule has 0 saturated carbocycles. The molecule has 0 aliphatic carbocycles. The SMILES string of the molecule is CCC(C)(C)N(C)C(=O)c1cnc(N)cn1. The van der Waals surface area contributed by atoms with Crippen LogP contribution in [0.1, 0.15) is 37.7 Å². The molecule has 2 N–H and O–H groups in total. The van der Waals surface area contributed by atoms with Gasteiger partial charge in [-0.15, -0.1) is 0 Å². The molecule has 0 radical (unpaired) electrons. The molecule has 0 fully saturated rings. The highest BCUT2D eigenvalue weighted by atomic mass is 16.2. The predicted molar refractivity (Wildman–Crippen MR) is 62.9 cm³/mol. The van der Waals surface area contributed by atoms with Gasteiger partial charge in [-0.05, 0) is 20.3 Å². The normalized spacial score (nSPS) is 11.2. The van der Waals surface area contributed by atoms with Crippen LogP contribution in [0.5, 0.6) is 0 Å². The standard InChI is InChI=1S/C11H18N4O/c1-5-11(2,3)15(4)10(16)8-6-14-9(12)7-13-8/h6-7H,5H2,1-4H3,(H2,12,14). The topological polar surface area (TPSA) is 72.1 Å². The van der Waals surface area contributed by atoms with Crippen LogP contribution in [0, 0.1) is 0 Å². The first-order valence-electron chi connectivity index (χ1n) is 5.24. The molecule has 5 heteroatoms. The number of nitrogens with two attached hydrogens (primary N) is 1. The van der Waals surface area contributed by atoms with Gasteiger partial charge in [0, 0.05) is 12.6 Å². The van der Waals surface area contributed by atoms with Crippen LogP contribution < -0.4 is 5.73 Å². The van der Waals surface area contributed by atoms with Crippen LogP contribution in [-0.2, 0) is 0 Å². The average molecular weight is 222 g/mol. The fourth-order valence-electron chi connectivity index (χ4n) is 1.13. The summed E-state index contributed by atoms with van der Waals surface area (Å²) in [5.41, 5.74) is 5.54. The second-order valence-electron chi connectivity index (χ2n) is 4.36. The summed E-state index contributed by atoms with van der Waals surface area (Å²) in [6.45, 7) is 6.06. The number of nitrogen functional groups attached to an aromatic ring is 1. The smallest absolute Gasteiger partial charge is 0.274 e. The van der Waals surface area contributed by atoms with Crippen molar-refractivity contribution >= 4 is 11.7 Å². The van der Waals surface area contributed by atoms with Crippen molar-refractivity contribution in [3.63, 3.8) is 0 Å². The van der Waals surface area contributed by atoms with Crippen LogP contribution in [0.15, 0.2) is 12.4 Å². The third-order valence-electron chi connectivity index (χ3n) is 2.97. The molecule has 0 spiro atoms. The Kier molecular flexibility index (Phi) is 3.47. The Hall–Kier alpha value is -1.65. The van der Waals surface area contributed by atoms with Gasteiger partial charge in [0.2, 0.25) is 0 Å². The van der Waals surface area contributed by atoms with E-state index in [0.29, 0.717) is 11.5 Å². The van der Waals surface area contributed by atoms with Gasteiger partial charge in [0.25, 0.3) is 5.91 Å². The second-order valence-corrected chi connectivity index (χ2v) is 4.36. The fourth-order valence-corrected chi connectivity index (χ4v) is 1.13. The van der Waals surface area contributed by atoms with E-state index in [4.69, 9.17) is 5.73 Å². The van der Waals surface area contributed by atoms with E-state index < -0.39 is 0 Å². The highest BCUT2D eigenvalue weighted by molar-refractivity contribution is 5.92. The summed E-state index contributed by atoms with van der Waals surface area (Å²) in [7, 11) is 1.77. The summed E-state index contributed by atoms with van der Waals surface area (Å²) < 4.78 is 0. The van der Waals surface area contributed by atoms with Gasteiger partial charge in [-0.1, -0.05) is 6.92 Å². The molecule has 88 valence electrons. The van der Waals surface area contributed by atoms with Crippen molar-refractivity contribution in [2.75, 3.05) is 12.8 Å². The zero-order valence-corrected chi connectivity index (χ0v) is 10.2. The maximum absolute atomic E-state index is 12.0. The summed E-state index contributed by atoms with van der Waals surface area (Å²) >= 11 is 0. The van der Waals surface area contributed by atoms with Gasteiger partial charge in [0.1, 0.15) is 11.5 Å². The first-order valence-corrected chi connectivity index (χ1v) is 5.24. The summed E-state index contributed by atoms with van der Waals surface area (Å²) in [4.78, 5) is 21.5. The monoisotopic (exact) mass is 222 g/mol. The third kappa shape index (κ3) is 2.48. The van der Waals surface area contributed by atoms with E-state index in [1.54, 1.807) is 11.9 Å². The molecule has 0 atom stereocenters. The number of amides is 1. The zero-order valence-electron chi connectivity index (χ0n) is 10.2. The summed E-state index contributed by atoms with van der Waals surface area (Å²) in [6, 6.07) is 0. The average Bonchev–Trinajstić information content (AvgIpc) is 2.28. The van der Waals surface area contributed by atoms with E-state index in [9.17, 15) is 4.79 Å². The zero-order chi connectivity index (χ0) is 12.3. The van der Waals surface area contributed by atoms with E-state index in [2.05, 4.69) is 9.97 Å². The summed E-state index contributed by atoms with van der Waals surface area (Å²) in [6.07, 6.45) is 3.66. The molecule has 0 bridgehead atoms. The van der Waals surface area contributed by atoms with Gasteiger partial charge in [0.05, 0.1) is 12.4 Å². The van der Waals surface area contributed by atoms with Crippen LogP contribution in [-0.4, -0.2) is 33.4 Å². The molecule has 0 aliphatic rings. The minimum atomic E-state index is -0.194. The van der Waals surface area contributed by atoms with Crippen molar-refractivity contribution < 1.29 is 4.79 Å². The molecular weight excluding hydrogens is 204 g/mol. The van der Waals surface area contributed by atoms with Gasteiger partial charge in [-0.25, -0.2) is 9.97 Å². The Balaban J connectivity index is 2.90. The number of carbonyl (C=O) groups is 1. The van der Waals surface area contributed by atoms with Crippen molar-refractivity contribution in [2.24, 2.45) is 0 Å². The molecule has 0 unspecified atom stereocenters. The van der Waals surface area contributed by atoms with Gasteiger partial charge in [-0.2, -0.15) is 0 Å². The lowest BCUT2D eigenvalue weighted by molar-refractivity contribution is 0.0613. The molecule has 1 amide bonds. The number of rotatable bonds is 3. The molecule has 1 aromatic rings. The van der Waals surface area contributed by atoms with E-state index in [-0.39, 0.29) is 11.4 Å². The Morgan fingerprint density at radius 2 is 2.06 bits per heavy atom. The lowest BCUT2D eigenvalue weighted by Gasteiger charge is -2.34. The molecule has 1 heterocycles. The van der Waals surface area contributed by atoms with Gasteiger partial charge >= 0.3 is 0 Å². The highest BCUT2D eigenvalue weighted by Crippen LogP contribution is 2.18. The number of aromatic nitrogens is 2. The van der Waals surface area contributed by atoms with Crippen LogP contribution in [0.2, 0.25) is 0 Å². The molecular formula is C11H18N4O. The van der Waals surface area contributed by atoms with Crippen LogP contribution in [0.4, 0.5) is 5.82 Å². The van der Waals surface area contributed by atoms with Crippen LogP contribution in [0.25, 0.3) is 0 Å². The van der Waals surface area contributed by atoms with Crippen molar-refractivity contribution in [3.8, 4) is 0 Å². The Bertz CT molecular complexity index is 372. The molecule has 5 nitrogen and oxygen atoms in total. The van der Waals surface area contributed by atoms with Gasteiger partial charge < -0.3 is 10.6 Å². The van der Waals surface area contributed by atoms with Crippen LogP contribution >= 0.6 is 0 Å². The quantitative estimate of drug-likeness (QED) is 0.837. The first kappa shape index (κ1) is 12.4. The first-order chi connectivity index (χ1) is 7.38. The lowest BCUT2D eigenvalue weighted by atomic mass is 10.00. The number of anilines is 1. The minimum Gasteiger partial charge on any atom is -0.382 e. The molecule has 0 aromatic carbocycles. The van der Waals surface area contributed by atoms with Crippen molar-refractivity contribution in [2.45, 2.75) is 32.7 Å².